The summed E-state index contributed by atoms with van der Waals surface area (Å²) in [5.74, 6) is 1.28. The van der Waals surface area contributed by atoms with Crippen LogP contribution in [0.3, 0.4) is 0 Å². The van der Waals surface area contributed by atoms with Crippen molar-refractivity contribution in [1.82, 2.24) is 15.5 Å². The van der Waals surface area contributed by atoms with Crippen LogP contribution >= 0.6 is 0 Å². The van der Waals surface area contributed by atoms with Gasteiger partial charge in [0.1, 0.15) is 0 Å². The molecule has 112 valence electrons. The number of nitrogens with one attached hydrogen (secondary N) is 1. The Hall–Kier alpha value is -2.46. The van der Waals surface area contributed by atoms with Gasteiger partial charge in [0, 0.05) is 6.54 Å². The fourth-order valence-electron chi connectivity index (χ4n) is 2.31. The zero-order valence-corrected chi connectivity index (χ0v) is 12.6. The van der Waals surface area contributed by atoms with Crippen LogP contribution in [0.1, 0.15) is 28.5 Å². The molecule has 0 spiro atoms. The van der Waals surface area contributed by atoms with E-state index in [1.807, 2.05) is 24.3 Å². The second kappa shape index (κ2) is 7.00. The third-order valence-electron chi connectivity index (χ3n) is 3.56. The first-order valence-corrected chi connectivity index (χ1v) is 7.41. The zero-order chi connectivity index (χ0) is 15.2. The van der Waals surface area contributed by atoms with Gasteiger partial charge in [-0.3, -0.25) is 0 Å². The molecule has 2 aromatic carbocycles. The number of aryl methyl sites for hydroxylation is 1. The minimum Gasteiger partial charge on any atom is -0.424 e. The summed E-state index contributed by atoms with van der Waals surface area (Å²) in [6, 6.07) is 18.5. The average molecular weight is 293 g/mol. The molecule has 0 saturated carbocycles. The Kier molecular flexibility index (Phi) is 4.61. The number of rotatable bonds is 6. The van der Waals surface area contributed by atoms with Crippen molar-refractivity contribution in [2.24, 2.45) is 0 Å². The molecule has 0 aliphatic rings. The molecule has 3 rings (SSSR count). The van der Waals surface area contributed by atoms with Gasteiger partial charge in [-0.05, 0) is 23.6 Å². The van der Waals surface area contributed by atoms with E-state index < -0.39 is 0 Å². The first-order chi connectivity index (χ1) is 10.8. The predicted molar refractivity (Wildman–Crippen MR) is 85.3 cm³/mol. The molecule has 0 fully saturated rings. The number of hydrogen-bond donors (Lipinski definition) is 1. The van der Waals surface area contributed by atoms with Crippen LogP contribution in [0.15, 0.2) is 59.0 Å². The molecule has 22 heavy (non-hydrogen) atoms. The summed E-state index contributed by atoms with van der Waals surface area (Å²) in [6.07, 6.45) is 0.672. The van der Waals surface area contributed by atoms with Crippen molar-refractivity contribution in [1.29, 1.82) is 0 Å². The second-order valence-corrected chi connectivity index (χ2v) is 5.28. The molecule has 4 nitrogen and oxygen atoms in total. The lowest BCUT2D eigenvalue weighted by molar-refractivity contribution is 0.438. The highest BCUT2D eigenvalue weighted by Crippen LogP contribution is 2.09. The molecule has 0 aliphatic heterocycles. The third-order valence-corrected chi connectivity index (χ3v) is 3.56. The van der Waals surface area contributed by atoms with Crippen LogP contribution in [-0.4, -0.2) is 10.2 Å². The van der Waals surface area contributed by atoms with Crippen LogP contribution in [0.5, 0.6) is 0 Å². The lowest BCUT2D eigenvalue weighted by atomic mass is 10.1. The quantitative estimate of drug-likeness (QED) is 0.758. The van der Waals surface area contributed by atoms with Crippen LogP contribution in [-0.2, 0) is 19.5 Å². The van der Waals surface area contributed by atoms with Gasteiger partial charge < -0.3 is 9.73 Å². The van der Waals surface area contributed by atoms with E-state index in [9.17, 15) is 0 Å². The van der Waals surface area contributed by atoms with Crippen molar-refractivity contribution < 1.29 is 4.42 Å². The molecule has 0 bridgehead atoms. The summed E-state index contributed by atoms with van der Waals surface area (Å²) in [7, 11) is 0. The minimum absolute atomic E-state index is 0.579. The molecule has 4 heteroatoms. The molecule has 0 unspecified atom stereocenters. The topological polar surface area (TPSA) is 51.0 Å². The van der Waals surface area contributed by atoms with Crippen molar-refractivity contribution in [2.45, 2.75) is 26.4 Å². The van der Waals surface area contributed by atoms with E-state index in [-0.39, 0.29) is 0 Å². The molecule has 1 heterocycles. The highest BCUT2D eigenvalue weighted by atomic mass is 16.4. The van der Waals surface area contributed by atoms with E-state index in [1.165, 1.54) is 16.7 Å². The van der Waals surface area contributed by atoms with Gasteiger partial charge in [-0.1, -0.05) is 54.6 Å². The van der Waals surface area contributed by atoms with Gasteiger partial charge in [-0.25, -0.2) is 0 Å². The monoisotopic (exact) mass is 293 g/mol. The van der Waals surface area contributed by atoms with E-state index in [4.69, 9.17) is 4.42 Å². The van der Waals surface area contributed by atoms with E-state index in [2.05, 4.69) is 52.8 Å². The summed E-state index contributed by atoms with van der Waals surface area (Å²) in [5.41, 5.74) is 3.74. The Labute approximate surface area is 130 Å². The Morgan fingerprint density at radius 1 is 0.864 bits per heavy atom. The summed E-state index contributed by atoms with van der Waals surface area (Å²) >= 11 is 0. The molecule has 0 saturated heterocycles. The minimum atomic E-state index is 0.579. The van der Waals surface area contributed by atoms with Crippen molar-refractivity contribution in [2.75, 3.05) is 0 Å². The Morgan fingerprint density at radius 3 is 2.41 bits per heavy atom. The Bertz CT molecular complexity index is 722. The Balaban J connectivity index is 1.53. The molecular weight excluding hydrogens is 274 g/mol. The van der Waals surface area contributed by atoms with Crippen molar-refractivity contribution in [3.05, 3.63) is 83.1 Å². The number of aromatic nitrogens is 2. The molecule has 1 N–H and O–H groups in total. The Morgan fingerprint density at radius 2 is 1.59 bits per heavy atom. The van der Waals surface area contributed by atoms with E-state index >= 15 is 0 Å². The number of nitrogens with zero attached hydrogens (tertiary/aromatic N) is 2. The summed E-state index contributed by atoms with van der Waals surface area (Å²) in [6.45, 7) is 3.49. The first kappa shape index (κ1) is 14.5. The van der Waals surface area contributed by atoms with Gasteiger partial charge in [-0.15, -0.1) is 10.2 Å². The van der Waals surface area contributed by atoms with Crippen LogP contribution in [0.4, 0.5) is 0 Å². The maximum absolute atomic E-state index is 5.67. The van der Waals surface area contributed by atoms with Gasteiger partial charge in [0.25, 0.3) is 0 Å². The average Bonchev–Trinajstić information content (AvgIpc) is 2.98. The van der Waals surface area contributed by atoms with Crippen LogP contribution in [0.2, 0.25) is 0 Å². The van der Waals surface area contributed by atoms with E-state index in [0.29, 0.717) is 24.7 Å². The van der Waals surface area contributed by atoms with Gasteiger partial charge in [-0.2, -0.15) is 0 Å². The highest BCUT2D eigenvalue weighted by molar-refractivity contribution is 5.25. The molecule has 0 atom stereocenters. The molecule has 0 aliphatic carbocycles. The lowest BCUT2D eigenvalue weighted by Crippen LogP contribution is -2.13. The van der Waals surface area contributed by atoms with Crippen molar-refractivity contribution in [3.8, 4) is 0 Å². The fourth-order valence-corrected chi connectivity index (χ4v) is 2.31. The van der Waals surface area contributed by atoms with Gasteiger partial charge >= 0.3 is 0 Å². The second-order valence-electron chi connectivity index (χ2n) is 5.28. The largest absolute Gasteiger partial charge is 0.424 e. The summed E-state index contributed by atoms with van der Waals surface area (Å²) in [4.78, 5) is 0. The fraction of sp³-hybridized carbons (Fsp3) is 0.222. The first-order valence-electron chi connectivity index (χ1n) is 7.41. The summed E-state index contributed by atoms with van der Waals surface area (Å²) < 4.78 is 5.67. The van der Waals surface area contributed by atoms with Crippen LogP contribution < -0.4 is 5.32 Å². The van der Waals surface area contributed by atoms with Gasteiger partial charge in [0.05, 0.1) is 13.0 Å². The van der Waals surface area contributed by atoms with Crippen LogP contribution in [0, 0.1) is 6.92 Å². The predicted octanol–water partition coefficient (Wildman–Crippen LogP) is 3.26. The van der Waals surface area contributed by atoms with Crippen molar-refractivity contribution in [3.63, 3.8) is 0 Å². The molecule has 0 amide bonds. The molecular formula is C18H19N3O. The van der Waals surface area contributed by atoms with Crippen LogP contribution in [0.25, 0.3) is 0 Å². The molecule has 1 aromatic heterocycles. The highest BCUT2D eigenvalue weighted by Gasteiger charge is 2.06. The normalized spacial score (nSPS) is 10.8. The third kappa shape index (κ3) is 3.80. The molecule has 3 aromatic rings. The number of hydrogen-bond acceptors (Lipinski definition) is 4. The van der Waals surface area contributed by atoms with E-state index in [0.717, 1.165) is 6.54 Å². The number of benzene rings is 2. The van der Waals surface area contributed by atoms with Crippen molar-refractivity contribution >= 4 is 0 Å². The summed E-state index contributed by atoms with van der Waals surface area (Å²) in [5, 5.41) is 11.5. The maximum Gasteiger partial charge on any atom is 0.230 e. The van der Waals surface area contributed by atoms with Gasteiger partial charge in [0.2, 0.25) is 11.8 Å². The smallest absolute Gasteiger partial charge is 0.230 e. The zero-order valence-electron chi connectivity index (χ0n) is 12.6. The molecule has 0 radical (unpaired) electrons. The standard InChI is InChI=1S/C18H19N3O/c1-14-7-5-6-10-16(14)12-19-13-18-21-20-17(22-18)11-15-8-3-2-4-9-15/h2-10,19H,11-13H2,1H3. The maximum atomic E-state index is 5.67. The lowest BCUT2D eigenvalue weighted by Gasteiger charge is -2.05. The SMILES string of the molecule is Cc1ccccc1CNCc1nnc(Cc2ccccc2)o1. The van der Waals surface area contributed by atoms with Gasteiger partial charge in [0.15, 0.2) is 0 Å². The van der Waals surface area contributed by atoms with E-state index in [1.54, 1.807) is 0 Å².